The minimum atomic E-state index is -0.605. The van der Waals surface area contributed by atoms with E-state index < -0.39 is 11.5 Å². The lowest BCUT2D eigenvalue weighted by molar-refractivity contribution is -0.126. The van der Waals surface area contributed by atoms with Gasteiger partial charge in [0.15, 0.2) is 0 Å². The molecule has 4 heteroatoms. The van der Waals surface area contributed by atoms with Crippen LogP contribution in [0.5, 0.6) is 0 Å². The molecule has 1 saturated carbocycles. The van der Waals surface area contributed by atoms with E-state index in [-0.39, 0.29) is 5.91 Å². The summed E-state index contributed by atoms with van der Waals surface area (Å²) in [7, 11) is 0. The van der Waals surface area contributed by atoms with Gasteiger partial charge in [-0.2, -0.15) is 0 Å². The highest BCUT2D eigenvalue weighted by atomic mass is 16.3. The number of anilines is 1. The van der Waals surface area contributed by atoms with Crippen molar-refractivity contribution in [2.75, 3.05) is 11.9 Å². The molecule has 110 valence electrons. The zero-order valence-electron chi connectivity index (χ0n) is 12.1. The van der Waals surface area contributed by atoms with Crippen molar-refractivity contribution in [3.8, 4) is 0 Å². The van der Waals surface area contributed by atoms with Crippen LogP contribution in [0.25, 0.3) is 0 Å². The second kappa shape index (κ2) is 6.37. The van der Waals surface area contributed by atoms with Gasteiger partial charge in [0.2, 0.25) is 5.91 Å². The molecule has 0 aliphatic heterocycles. The number of hydrogen-bond donors (Lipinski definition) is 3. The van der Waals surface area contributed by atoms with E-state index in [4.69, 9.17) is 5.73 Å². The maximum Gasteiger partial charge on any atom is 0.231 e. The first kappa shape index (κ1) is 15.0. The number of aliphatic hydroxyl groups excluding tert-OH is 1. The fourth-order valence-corrected chi connectivity index (χ4v) is 2.98. The van der Waals surface area contributed by atoms with E-state index in [9.17, 15) is 9.90 Å². The summed E-state index contributed by atoms with van der Waals surface area (Å²) in [6.45, 7) is 2.08. The Labute approximate surface area is 120 Å². The molecule has 4 nitrogen and oxygen atoms in total. The van der Waals surface area contributed by atoms with Gasteiger partial charge >= 0.3 is 0 Å². The van der Waals surface area contributed by atoms with Crippen molar-refractivity contribution in [3.05, 3.63) is 29.8 Å². The first-order chi connectivity index (χ1) is 9.59. The molecule has 2 rings (SSSR count). The number of carbonyl (C=O) groups is 1. The van der Waals surface area contributed by atoms with Crippen LogP contribution in [-0.4, -0.2) is 17.6 Å². The Hall–Kier alpha value is -1.39. The number of amides is 1. The summed E-state index contributed by atoms with van der Waals surface area (Å²) in [5.74, 6) is -0.00667. The average molecular weight is 276 g/mol. The molecule has 1 atom stereocenters. The molecule has 1 aromatic carbocycles. The van der Waals surface area contributed by atoms with Crippen molar-refractivity contribution in [1.29, 1.82) is 0 Å². The van der Waals surface area contributed by atoms with Crippen LogP contribution in [-0.2, 0) is 4.79 Å². The molecule has 1 fully saturated rings. The minimum Gasteiger partial charge on any atom is -0.389 e. The van der Waals surface area contributed by atoms with Crippen LogP contribution in [0, 0.1) is 5.41 Å². The molecule has 20 heavy (non-hydrogen) atoms. The Morgan fingerprint density at radius 3 is 2.60 bits per heavy atom. The Balaban J connectivity index is 2.18. The van der Waals surface area contributed by atoms with E-state index in [0.717, 1.165) is 31.2 Å². The molecule has 1 amide bonds. The highest BCUT2D eigenvalue weighted by Gasteiger charge is 2.38. The van der Waals surface area contributed by atoms with E-state index >= 15 is 0 Å². The minimum absolute atomic E-state index is 0.00667. The van der Waals surface area contributed by atoms with Crippen LogP contribution < -0.4 is 11.1 Å². The summed E-state index contributed by atoms with van der Waals surface area (Å²) < 4.78 is 0. The number of para-hydroxylation sites is 1. The molecule has 1 aliphatic carbocycles. The average Bonchev–Trinajstić information content (AvgIpc) is 2.48. The lowest BCUT2D eigenvalue weighted by Gasteiger charge is -2.34. The van der Waals surface area contributed by atoms with Gasteiger partial charge in [0.25, 0.3) is 0 Å². The maximum absolute atomic E-state index is 12.6. The Morgan fingerprint density at radius 1 is 1.35 bits per heavy atom. The number of rotatable bonds is 4. The molecule has 0 aromatic heterocycles. The lowest BCUT2D eigenvalue weighted by Crippen LogP contribution is -2.44. The van der Waals surface area contributed by atoms with Crippen molar-refractivity contribution in [2.24, 2.45) is 11.1 Å². The fraction of sp³-hybridized carbons (Fsp3) is 0.562. The number of nitrogens with two attached hydrogens (primary N) is 1. The second-order valence-corrected chi connectivity index (χ2v) is 5.76. The van der Waals surface area contributed by atoms with Crippen LogP contribution >= 0.6 is 0 Å². The Kier molecular flexibility index (Phi) is 4.78. The summed E-state index contributed by atoms with van der Waals surface area (Å²) >= 11 is 0. The quantitative estimate of drug-likeness (QED) is 0.791. The number of carbonyl (C=O) groups excluding carboxylic acids is 1. The van der Waals surface area contributed by atoms with Crippen LogP contribution in [0.15, 0.2) is 24.3 Å². The van der Waals surface area contributed by atoms with Crippen molar-refractivity contribution in [2.45, 2.75) is 45.1 Å². The van der Waals surface area contributed by atoms with Gasteiger partial charge < -0.3 is 16.2 Å². The molecular weight excluding hydrogens is 252 g/mol. The third kappa shape index (κ3) is 3.02. The Bertz CT molecular complexity index is 465. The first-order valence-electron chi connectivity index (χ1n) is 7.37. The molecule has 0 bridgehead atoms. The fourth-order valence-electron chi connectivity index (χ4n) is 2.98. The zero-order valence-corrected chi connectivity index (χ0v) is 12.1. The summed E-state index contributed by atoms with van der Waals surface area (Å²) in [5.41, 5.74) is 6.87. The SMILES string of the molecule is CC(O)c1ccccc1NC(=O)C1(CN)CCCCC1. The van der Waals surface area contributed by atoms with Gasteiger partial charge in [-0.1, -0.05) is 37.5 Å². The van der Waals surface area contributed by atoms with Gasteiger partial charge in [-0.25, -0.2) is 0 Å². The number of hydrogen-bond acceptors (Lipinski definition) is 3. The molecule has 0 saturated heterocycles. The number of benzene rings is 1. The van der Waals surface area contributed by atoms with Gasteiger partial charge in [0, 0.05) is 17.8 Å². The van der Waals surface area contributed by atoms with Crippen LogP contribution in [0.3, 0.4) is 0 Å². The molecule has 0 heterocycles. The third-order valence-corrected chi connectivity index (χ3v) is 4.34. The van der Waals surface area contributed by atoms with Crippen molar-refractivity contribution < 1.29 is 9.90 Å². The summed E-state index contributed by atoms with van der Waals surface area (Å²) in [6, 6.07) is 7.37. The first-order valence-corrected chi connectivity index (χ1v) is 7.37. The summed E-state index contributed by atoms with van der Waals surface area (Å²) in [5, 5.41) is 12.7. The van der Waals surface area contributed by atoms with Crippen LogP contribution in [0.4, 0.5) is 5.69 Å². The zero-order chi connectivity index (χ0) is 14.6. The smallest absolute Gasteiger partial charge is 0.231 e. The van der Waals surface area contributed by atoms with Gasteiger partial charge in [-0.15, -0.1) is 0 Å². The van der Waals surface area contributed by atoms with Crippen LogP contribution in [0.2, 0.25) is 0 Å². The molecule has 1 unspecified atom stereocenters. The molecule has 4 N–H and O–H groups in total. The topological polar surface area (TPSA) is 75.3 Å². The largest absolute Gasteiger partial charge is 0.389 e. The van der Waals surface area contributed by atoms with Crippen LogP contribution in [0.1, 0.15) is 50.7 Å². The highest BCUT2D eigenvalue weighted by molar-refractivity contribution is 5.96. The number of nitrogens with one attached hydrogen (secondary N) is 1. The molecule has 0 radical (unpaired) electrons. The van der Waals surface area contributed by atoms with E-state index in [1.165, 1.54) is 6.42 Å². The van der Waals surface area contributed by atoms with Gasteiger partial charge in [-0.05, 0) is 25.8 Å². The number of aliphatic hydroxyl groups is 1. The summed E-state index contributed by atoms with van der Waals surface area (Å²) in [6.07, 6.45) is 4.40. The Morgan fingerprint density at radius 2 is 2.00 bits per heavy atom. The molecule has 0 spiro atoms. The van der Waals surface area contributed by atoms with E-state index in [1.54, 1.807) is 6.92 Å². The van der Waals surface area contributed by atoms with Crippen molar-refractivity contribution in [3.63, 3.8) is 0 Å². The lowest BCUT2D eigenvalue weighted by atomic mass is 9.73. The summed E-state index contributed by atoms with van der Waals surface area (Å²) in [4.78, 5) is 12.6. The predicted octanol–water partition coefficient (Wildman–Crippen LogP) is 2.59. The molecule has 1 aromatic rings. The van der Waals surface area contributed by atoms with Gasteiger partial charge in [0.05, 0.1) is 11.5 Å². The monoisotopic (exact) mass is 276 g/mol. The van der Waals surface area contributed by atoms with E-state index in [1.807, 2.05) is 24.3 Å². The third-order valence-electron chi connectivity index (χ3n) is 4.34. The second-order valence-electron chi connectivity index (χ2n) is 5.76. The predicted molar refractivity (Wildman–Crippen MR) is 80.3 cm³/mol. The van der Waals surface area contributed by atoms with Gasteiger partial charge in [0.1, 0.15) is 0 Å². The van der Waals surface area contributed by atoms with Crippen molar-refractivity contribution >= 4 is 11.6 Å². The maximum atomic E-state index is 12.6. The highest BCUT2D eigenvalue weighted by Crippen LogP contribution is 2.37. The molecular formula is C16H24N2O2. The van der Waals surface area contributed by atoms with Gasteiger partial charge in [-0.3, -0.25) is 4.79 Å². The van der Waals surface area contributed by atoms with E-state index in [2.05, 4.69) is 5.32 Å². The normalized spacial score (nSPS) is 19.4. The standard InChI is InChI=1S/C16H24N2O2/c1-12(19)13-7-3-4-8-14(13)18-15(20)16(11-17)9-5-2-6-10-16/h3-4,7-8,12,19H,2,5-6,9-11,17H2,1H3,(H,18,20). The van der Waals surface area contributed by atoms with E-state index in [0.29, 0.717) is 12.2 Å². The van der Waals surface area contributed by atoms with Crippen molar-refractivity contribution in [1.82, 2.24) is 0 Å². The molecule has 1 aliphatic rings.